The third-order valence-electron chi connectivity index (χ3n) is 3.40. The summed E-state index contributed by atoms with van der Waals surface area (Å²) in [5.41, 5.74) is 4.27. The molecule has 2 rings (SSSR count). The molecule has 5 heteroatoms. The summed E-state index contributed by atoms with van der Waals surface area (Å²) in [6.45, 7) is 6.74. The SMILES string of the molecule is Cc1ncsc1CNc1ccc(N(C)C(C)C)c(F)c1. The molecular formula is C15H20FN3S. The minimum Gasteiger partial charge on any atom is -0.380 e. The zero-order chi connectivity index (χ0) is 14.7. The molecule has 0 aliphatic heterocycles. The van der Waals surface area contributed by atoms with Gasteiger partial charge in [0.05, 0.1) is 23.4 Å². The van der Waals surface area contributed by atoms with Gasteiger partial charge in [-0.15, -0.1) is 11.3 Å². The van der Waals surface area contributed by atoms with Crippen LogP contribution in [0.15, 0.2) is 23.7 Å². The number of halogens is 1. The summed E-state index contributed by atoms with van der Waals surface area (Å²) < 4.78 is 14.1. The summed E-state index contributed by atoms with van der Waals surface area (Å²) in [5, 5.41) is 3.24. The second-order valence-corrected chi connectivity index (χ2v) is 6.02. The van der Waals surface area contributed by atoms with Gasteiger partial charge < -0.3 is 10.2 Å². The number of benzene rings is 1. The smallest absolute Gasteiger partial charge is 0.148 e. The van der Waals surface area contributed by atoms with Crippen molar-refractivity contribution in [3.05, 3.63) is 40.1 Å². The van der Waals surface area contributed by atoms with Crippen LogP contribution in [0.2, 0.25) is 0 Å². The molecule has 108 valence electrons. The Morgan fingerprint density at radius 3 is 2.70 bits per heavy atom. The van der Waals surface area contributed by atoms with Gasteiger partial charge in [-0.2, -0.15) is 0 Å². The van der Waals surface area contributed by atoms with E-state index in [1.54, 1.807) is 17.4 Å². The van der Waals surface area contributed by atoms with Gasteiger partial charge in [-0.3, -0.25) is 0 Å². The Kier molecular flexibility index (Phi) is 4.60. The number of aromatic nitrogens is 1. The minimum atomic E-state index is -0.202. The van der Waals surface area contributed by atoms with E-state index < -0.39 is 0 Å². The first kappa shape index (κ1) is 14.8. The third-order valence-corrected chi connectivity index (χ3v) is 4.34. The summed E-state index contributed by atoms with van der Waals surface area (Å²) >= 11 is 1.61. The van der Waals surface area contributed by atoms with Crippen LogP contribution in [0.3, 0.4) is 0 Å². The molecule has 1 N–H and O–H groups in total. The van der Waals surface area contributed by atoms with Gasteiger partial charge in [0.2, 0.25) is 0 Å². The number of nitrogens with one attached hydrogen (secondary N) is 1. The highest BCUT2D eigenvalue weighted by atomic mass is 32.1. The van der Waals surface area contributed by atoms with Crippen LogP contribution in [-0.2, 0) is 6.54 Å². The van der Waals surface area contributed by atoms with E-state index in [2.05, 4.69) is 10.3 Å². The Morgan fingerprint density at radius 1 is 1.40 bits per heavy atom. The molecule has 1 heterocycles. The number of anilines is 2. The lowest BCUT2D eigenvalue weighted by molar-refractivity contribution is 0.614. The van der Waals surface area contributed by atoms with Crippen LogP contribution in [0.4, 0.5) is 15.8 Å². The van der Waals surface area contributed by atoms with Gasteiger partial charge in [0, 0.05) is 23.7 Å². The first-order valence-electron chi connectivity index (χ1n) is 6.64. The van der Waals surface area contributed by atoms with E-state index in [1.165, 1.54) is 4.88 Å². The maximum atomic E-state index is 14.1. The lowest BCUT2D eigenvalue weighted by Crippen LogP contribution is -2.26. The van der Waals surface area contributed by atoms with Crippen LogP contribution in [-0.4, -0.2) is 18.1 Å². The molecule has 0 radical (unpaired) electrons. The monoisotopic (exact) mass is 293 g/mol. The van der Waals surface area contributed by atoms with Crippen LogP contribution < -0.4 is 10.2 Å². The molecule has 0 saturated heterocycles. The zero-order valence-corrected chi connectivity index (χ0v) is 13.1. The van der Waals surface area contributed by atoms with E-state index in [0.717, 1.165) is 11.4 Å². The van der Waals surface area contributed by atoms with Gasteiger partial charge in [-0.25, -0.2) is 9.37 Å². The molecule has 2 aromatic rings. The molecule has 0 unspecified atom stereocenters. The van der Waals surface area contributed by atoms with E-state index in [0.29, 0.717) is 12.2 Å². The van der Waals surface area contributed by atoms with Gasteiger partial charge in [0.15, 0.2) is 0 Å². The van der Waals surface area contributed by atoms with Gasteiger partial charge in [0.25, 0.3) is 0 Å². The summed E-state index contributed by atoms with van der Waals surface area (Å²) in [7, 11) is 1.90. The number of aryl methyl sites for hydroxylation is 1. The molecule has 0 amide bonds. The maximum Gasteiger partial charge on any atom is 0.148 e. The Hall–Kier alpha value is -1.62. The summed E-state index contributed by atoms with van der Waals surface area (Å²) in [5.74, 6) is -0.202. The van der Waals surface area contributed by atoms with Crippen LogP contribution >= 0.6 is 11.3 Å². The standard InChI is InChI=1S/C15H20FN3S/c1-10(2)19(4)14-6-5-12(7-13(14)16)17-8-15-11(3)18-9-20-15/h5-7,9-10,17H,8H2,1-4H3. The topological polar surface area (TPSA) is 28.2 Å². The predicted octanol–water partition coefficient (Wildman–Crippen LogP) is 4.05. The van der Waals surface area contributed by atoms with Gasteiger partial charge >= 0.3 is 0 Å². The van der Waals surface area contributed by atoms with Gasteiger partial charge in [-0.1, -0.05) is 0 Å². The highest BCUT2D eigenvalue weighted by molar-refractivity contribution is 7.09. The summed E-state index contributed by atoms with van der Waals surface area (Å²) in [6.07, 6.45) is 0. The molecule has 0 bridgehead atoms. The number of thiazole rings is 1. The quantitative estimate of drug-likeness (QED) is 0.901. The molecule has 0 spiro atoms. The van der Waals surface area contributed by atoms with Crippen molar-refractivity contribution in [2.45, 2.75) is 33.4 Å². The third kappa shape index (κ3) is 3.28. The molecule has 20 heavy (non-hydrogen) atoms. The van der Waals surface area contributed by atoms with Gasteiger partial charge in [0.1, 0.15) is 5.82 Å². The van der Waals surface area contributed by atoms with Crippen molar-refractivity contribution in [2.24, 2.45) is 0 Å². The van der Waals surface area contributed by atoms with Crippen molar-refractivity contribution < 1.29 is 4.39 Å². The Labute approximate surface area is 123 Å². The number of nitrogens with zero attached hydrogens (tertiary/aromatic N) is 2. The second-order valence-electron chi connectivity index (χ2n) is 5.09. The molecular weight excluding hydrogens is 273 g/mol. The van der Waals surface area contributed by atoms with Crippen LogP contribution in [0.1, 0.15) is 24.4 Å². The van der Waals surface area contributed by atoms with Crippen molar-refractivity contribution >= 4 is 22.7 Å². The Morgan fingerprint density at radius 2 is 2.15 bits per heavy atom. The minimum absolute atomic E-state index is 0.202. The lowest BCUT2D eigenvalue weighted by atomic mass is 10.2. The van der Waals surface area contributed by atoms with Gasteiger partial charge in [-0.05, 0) is 39.0 Å². The van der Waals surface area contributed by atoms with E-state index in [9.17, 15) is 4.39 Å². The first-order chi connectivity index (χ1) is 9.49. The predicted molar refractivity (Wildman–Crippen MR) is 84.1 cm³/mol. The first-order valence-corrected chi connectivity index (χ1v) is 7.52. The highest BCUT2D eigenvalue weighted by Gasteiger charge is 2.11. The molecule has 0 fully saturated rings. The van der Waals surface area contributed by atoms with E-state index in [-0.39, 0.29) is 11.9 Å². The molecule has 0 aliphatic carbocycles. The fraction of sp³-hybridized carbons (Fsp3) is 0.400. The second kappa shape index (κ2) is 6.22. The zero-order valence-electron chi connectivity index (χ0n) is 12.3. The molecule has 3 nitrogen and oxygen atoms in total. The molecule has 0 saturated carbocycles. The maximum absolute atomic E-state index is 14.1. The Balaban J connectivity index is 2.07. The van der Waals surface area contributed by atoms with Crippen molar-refractivity contribution in [3.8, 4) is 0 Å². The van der Waals surface area contributed by atoms with Crippen molar-refractivity contribution in [1.29, 1.82) is 0 Å². The number of hydrogen-bond donors (Lipinski definition) is 1. The fourth-order valence-corrected chi connectivity index (χ4v) is 2.58. The summed E-state index contributed by atoms with van der Waals surface area (Å²) in [6, 6.07) is 5.54. The van der Waals surface area contributed by atoms with Crippen LogP contribution in [0.5, 0.6) is 0 Å². The Bertz CT molecular complexity index is 580. The van der Waals surface area contributed by atoms with Crippen LogP contribution in [0.25, 0.3) is 0 Å². The highest BCUT2D eigenvalue weighted by Crippen LogP contribution is 2.24. The molecule has 0 aliphatic rings. The van der Waals surface area contributed by atoms with E-state index in [4.69, 9.17) is 0 Å². The average Bonchev–Trinajstić information content (AvgIpc) is 2.81. The number of rotatable bonds is 5. The van der Waals surface area contributed by atoms with Crippen molar-refractivity contribution in [3.63, 3.8) is 0 Å². The molecule has 1 aromatic heterocycles. The normalized spacial score (nSPS) is 10.9. The van der Waals surface area contributed by atoms with Crippen molar-refractivity contribution in [1.82, 2.24) is 4.98 Å². The average molecular weight is 293 g/mol. The lowest BCUT2D eigenvalue weighted by Gasteiger charge is -2.24. The molecule has 1 aromatic carbocycles. The largest absolute Gasteiger partial charge is 0.380 e. The fourth-order valence-electron chi connectivity index (χ4n) is 1.86. The van der Waals surface area contributed by atoms with E-state index in [1.807, 2.05) is 50.4 Å². The summed E-state index contributed by atoms with van der Waals surface area (Å²) in [4.78, 5) is 7.30. The number of hydrogen-bond acceptors (Lipinski definition) is 4. The van der Waals surface area contributed by atoms with Crippen molar-refractivity contribution in [2.75, 3.05) is 17.3 Å². The van der Waals surface area contributed by atoms with Crippen LogP contribution in [0, 0.1) is 12.7 Å². The van der Waals surface area contributed by atoms with E-state index >= 15 is 0 Å². The molecule has 0 atom stereocenters.